The highest BCUT2D eigenvalue weighted by Crippen LogP contribution is 2.43. The van der Waals surface area contributed by atoms with Crippen LogP contribution in [-0.4, -0.2) is 51.6 Å². The Morgan fingerprint density at radius 2 is 1.49 bits per heavy atom. The van der Waals surface area contributed by atoms with Crippen molar-refractivity contribution in [1.82, 2.24) is 8.61 Å². The maximum Gasteiger partial charge on any atom is 0.243 e. The Balaban J connectivity index is 1.32. The molecule has 0 saturated carbocycles. The third-order valence-corrected chi connectivity index (χ3v) is 11.8. The van der Waals surface area contributed by atoms with E-state index in [1.807, 2.05) is 38.1 Å². The average molecular weight is 533 g/mol. The van der Waals surface area contributed by atoms with E-state index >= 15 is 0 Å². The molecule has 0 unspecified atom stereocenters. The topological polar surface area (TPSA) is 74.8 Å². The molecule has 186 valence electrons. The first-order valence-corrected chi connectivity index (χ1v) is 15.0. The smallest absolute Gasteiger partial charge is 0.207 e. The lowest BCUT2D eigenvalue weighted by Crippen LogP contribution is -2.44. The minimum absolute atomic E-state index is 0.194. The molecule has 6 nitrogen and oxygen atoms in total. The van der Waals surface area contributed by atoms with Crippen molar-refractivity contribution in [2.45, 2.75) is 42.9 Å². The van der Waals surface area contributed by atoms with Crippen molar-refractivity contribution in [3.05, 3.63) is 70.7 Å². The molecule has 2 fully saturated rings. The van der Waals surface area contributed by atoms with Crippen molar-refractivity contribution in [2.75, 3.05) is 26.2 Å². The first-order chi connectivity index (χ1) is 16.5. The summed E-state index contributed by atoms with van der Waals surface area (Å²) in [6.45, 7) is 5.37. The van der Waals surface area contributed by atoms with Gasteiger partial charge in [0, 0.05) is 36.6 Å². The Morgan fingerprint density at radius 3 is 2.20 bits per heavy atom. The van der Waals surface area contributed by atoms with Crippen LogP contribution in [0, 0.1) is 19.3 Å². The lowest BCUT2D eigenvalue weighted by molar-refractivity contribution is 0.167. The largest absolute Gasteiger partial charge is 0.243 e. The third kappa shape index (κ3) is 4.40. The van der Waals surface area contributed by atoms with Gasteiger partial charge in [0.15, 0.2) is 0 Å². The summed E-state index contributed by atoms with van der Waals surface area (Å²) in [5, 5.41) is 2.20. The lowest BCUT2D eigenvalue weighted by Gasteiger charge is -2.38. The van der Waals surface area contributed by atoms with Gasteiger partial charge < -0.3 is 0 Å². The monoisotopic (exact) mass is 532 g/mol. The van der Waals surface area contributed by atoms with Gasteiger partial charge in [0.25, 0.3) is 0 Å². The molecule has 1 spiro atoms. The van der Waals surface area contributed by atoms with E-state index in [4.69, 9.17) is 11.6 Å². The van der Waals surface area contributed by atoms with E-state index in [-0.39, 0.29) is 10.3 Å². The molecule has 0 radical (unpaired) electrons. The number of piperidine rings is 1. The van der Waals surface area contributed by atoms with Crippen molar-refractivity contribution >= 4 is 42.4 Å². The normalized spacial score (nSPS) is 19.5. The van der Waals surface area contributed by atoms with Gasteiger partial charge in [-0.2, -0.15) is 8.61 Å². The number of sulfonamides is 2. The zero-order chi connectivity index (χ0) is 25.0. The highest BCUT2D eigenvalue weighted by molar-refractivity contribution is 7.89. The molecule has 0 N–H and O–H groups in total. The van der Waals surface area contributed by atoms with Gasteiger partial charge in [-0.25, -0.2) is 16.8 Å². The van der Waals surface area contributed by atoms with E-state index < -0.39 is 20.0 Å². The van der Waals surface area contributed by atoms with Gasteiger partial charge in [0.1, 0.15) is 0 Å². The molecule has 0 bridgehead atoms. The number of benzene rings is 3. The van der Waals surface area contributed by atoms with E-state index in [1.165, 1.54) is 0 Å². The second kappa shape index (κ2) is 8.85. The molecule has 35 heavy (non-hydrogen) atoms. The third-order valence-electron chi connectivity index (χ3n) is 7.58. The summed E-state index contributed by atoms with van der Waals surface area (Å²) in [4.78, 5) is 0.625. The van der Waals surface area contributed by atoms with Crippen molar-refractivity contribution in [1.29, 1.82) is 0 Å². The summed E-state index contributed by atoms with van der Waals surface area (Å²) in [6.07, 6.45) is 2.04. The zero-order valence-corrected chi connectivity index (χ0v) is 22.3. The van der Waals surface area contributed by atoms with Gasteiger partial charge in [-0.15, -0.1) is 0 Å². The maximum absolute atomic E-state index is 13.5. The molecule has 3 aromatic rings. The Kier molecular flexibility index (Phi) is 6.25. The molecule has 2 heterocycles. The number of nitrogens with zero attached hydrogens (tertiary/aromatic N) is 2. The summed E-state index contributed by atoms with van der Waals surface area (Å²) >= 11 is 6.24. The van der Waals surface area contributed by atoms with Crippen LogP contribution in [0.5, 0.6) is 0 Å². The molecular formula is C26H29ClN2O4S2. The Morgan fingerprint density at radius 1 is 0.800 bits per heavy atom. The minimum Gasteiger partial charge on any atom is -0.207 e. The molecule has 0 amide bonds. The van der Waals surface area contributed by atoms with Crippen molar-refractivity contribution < 1.29 is 16.8 Å². The van der Waals surface area contributed by atoms with E-state index in [0.29, 0.717) is 48.9 Å². The fourth-order valence-corrected chi connectivity index (χ4v) is 8.95. The van der Waals surface area contributed by atoms with Crippen LogP contribution < -0.4 is 0 Å². The summed E-state index contributed by atoms with van der Waals surface area (Å²) in [5.41, 5.74) is 1.46. The number of fused-ring (bicyclic) bond motifs is 1. The van der Waals surface area contributed by atoms with E-state index in [2.05, 4.69) is 0 Å². The molecular weight excluding hydrogens is 504 g/mol. The fourth-order valence-electron chi connectivity index (χ4n) is 5.36. The van der Waals surface area contributed by atoms with Gasteiger partial charge in [-0.3, -0.25) is 0 Å². The van der Waals surface area contributed by atoms with Crippen molar-refractivity contribution in [3.63, 3.8) is 0 Å². The summed E-state index contributed by atoms with van der Waals surface area (Å²) < 4.78 is 56.7. The van der Waals surface area contributed by atoms with Crippen LogP contribution >= 0.6 is 11.6 Å². The van der Waals surface area contributed by atoms with Crippen LogP contribution in [0.1, 0.15) is 30.4 Å². The quantitative estimate of drug-likeness (QED) is 0.475. The highest BCUT2D eigenvalue weighted by atomic mass is 35.5. The number of rotatable bonds is 4. The lowest BCUT2D eigenvalue weighted by atomic mass is 9.78. The van der Waals surface area contributed by atoms with Crippen LogP contribution in [0.4, 0.5) is 0 Å². The van der Waals surface area contributed by atoms with Crippen LogP contribution in [0.2, 0.25) is 5.02 Å². The summed E-state index contributed by atoms with van der Waals surface area (Å²) in [5.74, 6) is 0. The molecule has 2 aliphatic rings. The number of hydrogen-bond acceptors (Lipinski definition) is 4. The van der Waals surface area contributed by atoms with Gasteiger partial charge in [0.2, 0.25) is 20.0 Å². The summed E-state index contributed by atoms with van der Waals surface area (Å²) in [7, 11) is -7.24. The second-order valence-corrected chi connectivity index (χ2v) is 14.1. The van der Waals surface area contributed by atoms with Crippen LogP contribution in [-0.2, 0) is 20.0 Å². The maximum atomic E-state index is 13.5. The Hall–Kier alpha value is -1.97. The molecule has 9 heteroatoms. The van der Waals surface area contributed by atoms with Gasteiger partial charge in [-0.05, 0) is 79.3 Å². The molecule has 2 saturated heterocycles. The fraction of sp³-hybridized carbons (Fsp3) is 0.385. The molecule has 5 rings (SSSR count). The highest BCUT2D eigenvalue weighted by Gasteiger charge is 2.46. The summed E-state index contributed by atoms with van der Waals surface area (Å²) in [6, 6.07) is 16.0. The molecule has 3 aromatic carbocycles. The zero-order valence-electron chi connectivity index (χ0n) is 19.9. The van der Waals surface area contributed by atoms with Gasteiger partial charge in [0.05, 0.1) is 9.79 Å². The molecule has 2 aliphatic heterocycles. The van der Waals surface area contributed by atoms with E-state index in [0.717, 1.165) is 28.3 Å². The molecule has 0 atom stereocenters. The van der Waals surface area contributed by atoms with Crippen LogP contribution in [0.25, 0.3) is 10.8 Å². The number of halogens is 1. The minimum atomic E-state index is -3.66. The van der Waals surface area contributed by atoms with Crippen molar-refractivity contribution in [3.8, 4) is 0 Å². The van der Waals surface area contributed by atoms with Crippen LogP contribution in [0.15, 0.2) is 64.4 Å². The van der Waals surface area contributed by atoms with E-state index in [1.54, 1.807) is 38.9 Å². The average Bonchev–Trinajstić information content (AvgIpc) is 3.25. The van der Waals surface area contributed by atoms with Gasteiger partial charge in [-0.1, -0.05) is 41.9 Å². The standard InChI is InChI=1S/C26H29ClN2O4S2/c1-19-6-7-20(2)25(16-19)35(32,33)28-13-10-26(11-14-28)12-15-29(18-26)34(30,31)22-8-9-23-21(17-22)4-3-5-24(23)27/h3-9,16-17H,10-15,18H2,1-2H3. The predicted octanol–water partition coefficient (Wildman–Crippen LogP) is 4.98. The molecule has 0 aliphatic carbocycles. The second-order valence-electron chi connectivity index (χ2n) is 9.88. The van der Waals surface area contributed by atoms with Gasteiger partial charge >= 0.3 is 0 Å². The predicted molar refractivity (Wildman–Crippen MR) is 139 cm³/mol. The van der Waals surface area contributed by atoms with E-state index in [9.17, 15) is 16.8 Å². The number of hydrogen-bond donors (Lipinski definition) is 0. The van der Waals surface area contributed by atoms with Crippen LogP contribution in [0.3, 0.4) is 0 Å². The number of aryl methyl sites for hydroxylation is 2. The molecule has 0 aromatic heterocycles. The SMILES string of the molecule is Cc1ccc(C)c(S(=O)(=O)N2CCC3(CCN(S(=O)(=O)c4ccc5c(Cl)cccc5c4)C3)CC2)c1. The first-order valence-electron chi connectivity index (χ1n) is 11.8. The van der Waals surface area contributed by atoms with Crippen molar-refractivity contribution in [2.24, 2.45) is 5.41 Å². The first kappa shape index (κ1) is 24.7. The Bertz CT molecular complexity index is 1510. The Labute approximate surface area is 212 Å².